The molecule has 0 fully saturated rings. The Bertz CT molecular complexity index is 1140. The van der Waals surface area contributed by atoms with Crippen molar-refractivity contribution in [1.29, 1.82) is 0 Å². The predicted octanol–water partition coefficient (Wildman–Crippen LogP) is 3.62. The first-order chi connectivity index (χ1) is 15.6. The Labute approximate surface area is 187 Å². The molecule has 2 heterocycles. The molecular weight excluding hydrogens is 435 g/mol. The minimum absolute atomic E-state index is 0.00116. The van der Waals surface area contributed by atoms with E-state index in [9.17, 15) is 14.0 Å². The molecule has 1 aromatic heterocycles. The molecular formula is C23H19FN2O5S. The van der Waals surface area contributed by atoms with Crippen LogP contribution in [0.1, 0.15) is 15.9 Å². The third-order valence-corrected chi connectivity index (χ3v) is 5.50. The van der Waals surface area contributed by atoms with Gasteiger partial charge >= 0.3 is 5.97 Å². The number of hydrogen-bond acceptors (Lipinski definition) is 7. The fourth-order valence-electron chi connectivity index (χ4n) is 2.92. The number of halogens is 1. The molecule has 1 amide bonds. The topological polar surface area (TPSA) is 86.8 Å². The fourth-order valence-corrected chi connectivity index (χ4v) is 3.82. The Morgan fingerprint density at radius 1 is 1.06 bits per heavy atom. The van der Waals surface area contributed by atoms with E-state index in [1.165, 1.54) is 17.8 Å². The quantitative estimate of drug-likeness (QED) is 0.546. The number of pyridine rings is 1. The highest BCUT2D eigenvalue weighted by atomic mass is 32.2. The van der Waals surface area contributed by atoms with Crippen molar-refractivity contribution in [2.45, 2.75) is 16.5 Å². The van der Waals surface area contributed by atoms with Crippen molar-refractivity contribution >= 4 is 23.6 Å². The molecule has 0 aliphatic carbocycles. The number of nitrogens with zero attached hydrogens (tertiary/aromatic N) is 1. The van der Waals surface area contributed by atoms with Crippen molar-refractivity contribution in [1.82, 2.24) is 10.3 Å². The van der Waals surface area contributed by atoms with Gasteiger partial charge in [0.05, 0.1) is 5.56 Å². The predicted molar refractivity (Wildman–Crippen MR) is 114 cm³/mol. The average molecular weight is 454 g/mol. The largest absolute Gasteiger partial charge is 0.486 e. The Morgan fingerprint density at radius 3 is 2.72 bits per heavy atom. The average Bonchev–Trinajstić information content (AvgIpc) is 2.82. The number of hydrogen-bond donors (Lipinski definition) is 1. The van der Waals surface area contributed by atoms with Crippen LogP contribution >= 0.6 is 11.8 Å². The van der Waals surface area contributed by atoms with Gasteiger partial charge in [-0.3, -0.25) is 4.79 Å². The van der Waals surface area contributed by atoms with Crippen molar-refractivity contribution in [3.8, 4) is 11.5 Å². The number of esters is 1. The molecule has 0 atom stereocenters. The lowest BCUT2D eigenvalue weighted by Crippen LogP contribution is -2.28. The number of aromatic nitrogens is 1. The van der Waals surface area contributed by atoms with Crippen LogP contribution in [0.5, 0.6) is 11.5 Å². The third kappa shape index (κ3) is 5.36. The minimum Gasteiger partial charge on any atom is -0.486 e. The number of benzene rings is 2. The van der Waals surface area contributed by atoms with Crippen LogP contribution in [0.3, 0.4) is 0 Å². The molecule has 4 rings (SSSR count). The lowest BCUT2D eigenvalue weighted by molar-refractivity contribution is -0.124. The molecule has 0 spiro atoms. The van der Waals surface area contributed by atoms with Crippen LogP contribution in [0.15, 0.2) is 70.7 Å². The third-order valence-electron chi connectivity index (χ3n) is 4.49. The van der Waals surface area contributed by atoms with E-state index >= 15 is 0 Å². The molecule has 0 saturated heterocycles. The van der Waals surface area contributed by atoms with Crippen LogP contribution in [0.25, 0.3) is 0 Å². The highest BCUT2D eigenvalue weighted by Crippen LogP contribution is 2.37. The summed E-state index contributed by atoms with van der Waals surface area (Å²) >= 11 is 1.27. The van der Waals surface area contributed by atoms with E-state index in [1.807, 2.05) is 12.1 Å². The van der Waals surface area contributed by atoms with E-state index in [0.29, 0.717) is 35.3 Å². The number of rotatable bonds is 7. The second-order valence-corrected chi connectivity index (χ2v) is 7.77. The van der Waals surface area contributed by atoms with Gasteiger partial charge in [-0.25, -0.2) is 14.2 Å². The summed E-state index contributed by atoms with van der Waals surface area (Å²) < 4.78 is 29.9. The SMILES string of the molecule is O=C(COC(=O)c1cccnc1Sc1ccc2c(c1)OCCO2)NCc1ccccc1F. The van der Waals surface area contributed by atoms with Crippen molar-refractivity contribution < 1.29 is 28.2 Å². The maximum absolute atomic E-state index is 13.6. The normalized spacial score (nSPS) is 12.2. The molecule has 0 saturated carbocycles. The minimum atomic E-state index is -0.681. The molecule has 3 aromatic rings. The molecule has 0 bridgehead atoms. The van der Waals surface area contributed by atoms with Crippen LogP contribution in [-0.4, -0.2) is 36.7 Å². The van der Waals surface area contributed by atoms with Crippen molar-refractivity contribution in [3.63, 3.8) is 0 Å². The summed E-state index contributed by atoms with van der Waals surface area (Å²) in [5.74, 6) is -0.331. The number of carbonyl (C=O) groups excluding carboxylic acids is 2. The Kier molecular flexibility index (Phi) is 6.86. The Morgan fingerprint density at radius 2 is 1.88 bits per heavy atom. The van der Waals surface area contributed by atoms with E-state index in [1.54, 1.807) is 42.6 Å². The van der Waals surface area contributed by atoms with E-state index in [-0.39, 0.29) is 12.1 Å². The number of amides is 1. The van der Waals surface area contributed by atoms with Crippen molar-refractivity contribution in [3.05, 3.63) is 77.7 Å². The van der Waals surface area contributed by atoms with Gasteiger partial charge in [-0.05, 0) is 36.4 Å². The summed E-state index contributed by atoms with van der Waals surface area (Å²) in [6.07, 6.45) is 1.57. The van der Waals surface area contributed by atoms with Crippen LogP contribution < -0.4 is 14.8 Å². The zero-order valence-corrected chi connectivity index (χ0v) is 17.7. The molecule has 1 aliphatic heterocycles. The first-order valence-corrected chi connectivity index (χ1v) is 10.6. The van der Waals surface area contributed by atoms with Crippen LogP contribution in [0.4, 0.5) is 4.39 Å². The fraction of sp³-hybridized carbons (Fsp3) is 0.174. The highest BCUT2D eigenvalue weighted by molar-refractivity contribution is 7.99. The second-order valence-electron chi connectivity index (χ2n) is 6.71. The standard InChI is InChI=1S/C23H19FN2O5S/c24-18-6-2-1-4-15(18)13-26-21(27)14-31-23(28)17-5-3-9-25-22(17)32-16-7-8-19-20(12-16)30-11-10-29-19/h1-9,12H,10-11,13-14H2,(H,26,27). The molecule has 7 nitrogen and oxygen atoms in total. The Hall–Kier alpha value is -3.59. The van der Waals surface area contributed by atoms with Gasteiger partial charge in [-0.1, -0.05) is 30.0 Å². The van der Waals surface area contributed by atoms with Gasteiger partial charge in [-0.2, -0.15) is 0 Å². The molecule has 1 N–H and O–H groups in total. The van der Waals surface area contributed by atoms with Crippen molar-refractivity contribution in [2.75, 3.05) is 19.8 Å². The van der Waals surface area contributed by atoms with Crippen molar-refractivity contribution in [2.24, 2.45) is 0 Å². The molecule has 2 aromatic carbocycles. The van der Waals surface area contributed by atoms with Gasteiger partial charge in [0.1, 0.15) is 24.1 Å². The summed E-state index contributed by atoms with van der Waals surface area (Å²) in [6, 6.07) is 14.8. The summed E-state index contributed by atoms with van der Waals surface area (Å²) in [4.78, 5) is 29.7. The summed E-state index contributed by atoms with van der Waals surface area (Å²) in [5, 5.41) is 2.96. The first-order valence-electron chi connectivity index (χ1n) is 9.80. The van der Waals surface area contributed by atoms with Gasteiger partial charge in [0.15, 0.2) is 18.1 Å². The number of fused-ring (bicyclic) bond motifs is 1. The zero-order chi connectivity index (χ0) is 22.3. The first kappa shape index (κ1) is 21.6. The summed E-state index contributed by atoms with van der Waals surface area (Å²) in [5.41, 5.74) is 0.576. The van der Waals surface area contributed by atoms with Crippen LogP contribution in [0.2, 0.25) is 0 Å². The van der Waals surface area contributed by atoms with E-state index in [0.717, 1.165) is 4.90 Å². The highest BCUT2D eigenvalue weighted by Gasteiger charge is 2.18. The van der Waals surface area contributed by atoms with E-state index in [2.05, 4.69) is 10.3 Å². The molecule has 1 aliphatic rings. The smallest absolute Gasteiger partial charge is 0.341 e. The molecule has 9 heteroatoms. The van der Waals surface area contributed by atoms with Gasteiger partial charge < -0.3 is 19.5 Å². The zero-order valence-electron chi connectivity index (χ0n) is 16.9. The van der Waals surface area contributed by atoms with Gasteiger partial charge in [-0.15, -0.1) is 0 Å². The van der Waals surface area contributed by atoms with Crippen LogP contribution in [-0.2, 0) is 16.1 Å². The van der Waals surface area contributed by atoms with Crippen LogP contribution in [0, 0.1) is 5.82 Å². The van der Waals surface area contributed by atoms with E-state index < -0.39 is 24.3 Å². The molecule has 164 valence electrons. The number of nitrogens with one attached hydrogen (secondary N) is 1. The maximum Gasteiger partial charge on any atom is 0.341 e. The van der Waals surface area contributed by atoms with E-state index in [4.69, 9.17) is 14.2 Å². The lowest BCUT2D eigenvalue weighted by Gasteiger charge is -2.18. The molecule has 0 radical (unpaired) electrons. The second kappa shape index (κ2) is 10.1. The lowest BCUT2D eigenvalue weighted by atomic mass is 10.2. The van der Waals surface area contributed by atoms with Gasteiger partial charge in [0, 0.05) is 23.2 Å². The molecule has 32 heavy (non-hydrogen) atoms. The number of ether oxygens (including phenoxy) is 3. The molecule has 0 unspecified atom stereocenters. The monoisotopic (exact) mass is 454 g/mol. The van der Waals surface area contributed by atoms with Gasteiger partial charge in [0.25, 0.3) is 5.91 Å². The van der Waals surface area contributed by atoms with Gasteiger partial charge in [0.2, 0.25) is 0 Å². The number of carbonyl (C=O) groups is 2. The summed E-state index contributed by atoms with van der Waals surface area (Å²) in [6.45, 7) is 0.488. The maximum atomic E-state index is 13.6. The summed E-state index contributed by atoms with van der Waals surface area (Å²) in [7, 11) is 0. The Balaban J connectivity index is 1.36.